The highest BCUT2D eigenvalue weighted by Gasteiger charge is 2.17. The van der Waals surface area contributed by atoms with Crippen LogP contribution in [0.5, 0.6) is 0 Å². The second-order valence-corrected chi connectivity index (χ2v) is 6.18. The molecule has 2 aromatic carbocycles. The third-order valence-corrected chi connectivity index (χ3v) is 4.41. The van der Waals surface area contributed by atoms with Crippen LogP contribution in [0.1, 0.15) is 41.3 Å². The zero-order valence-corrected chi connectivity index (χ0v) is 14.4. The highest BCUT2D eigenvalue weighted by Crippen LogP contribution is 2.26. The fraction of sp³-hybridized carbons (Fsp3) is 0.263. The molecule has 0 saturated heterocycles. The van der Waals surface area contributed by atoms with Gasteiger partial charge in [-0.25, -0.2) is 0 Å². The minimum atomic E-state index is -0.445. The van der Waals surface area contributed by atoms with Gasteiger partial charge in [0, 0.05) is 35.0 Å². The number of hydrogen-bond donors (Lipinski definition) is 2. The van der Waals surface area contributed by atoms with Crippen molar-refractivity contribution in [1.29, 1.82) is 0 Å². The Hall–Kier alpha value is -3.22. The SMILES string of the molecule is CCc1ccc(NC(=O)c2ccc3c(c2)CCCC(=O)N3)cc1[N+](=O)[O-]. The van der Waals surface area contributed by atoms with Gasteiger partial charge in [0.1, 0.15) is 0 Å². The fourth-order valence-corrected chi connectivity index (χ4v) is 3.03. The second-order valence-electron chi connectivity index (χ2n) is 6.18. The molecule has 1 aliphatic heterocycles. The maximum absolute atomic E-state index is 12.5. The normalized spacial score (nSPS) is 13.3. The number of nitrogens with one attached hydrogen (secondary N) is 2. The van der Waals surface area contributed by atoms with Gasteiger partial charge in [-0.05, 0) is 49.1 Å². The molecule has 7 nitrogen and oxygen atoms in total. The third-order valence-electron chi connectivity index (χ3n) is 4.41. The monoisotopic (exact) mass is 353 g/mol. The van der Waals surface area contributed by atoms with Crippen molar-refractivity contribution >= 4 is 28.9 Å². The number of carbonyl (C=O) groups is 2. The van der Waals surface area contributed by atoms with Crippen LogP contribution in [0.15, 0.2) is 36.4 Å². The molecule has 0 aromatic heterocycles. The van der Waals surface area contributed by atoms with Gasteiger partial charge in [0.05, 0.1) is 4.92 Å². The lowest BCUT2D eigenvalue weighted by molar-refractivity contribution is -0.385. The molecule has 0 radical (unpaired) electrons. The van der Waals surface area contributed by atoms with E-state index in [-0.39, 0.29) is 17.5 Å². The lowest BCUT2D eigenvalue weighted by atomic mass is 10.0. The molecule has 0 fully saturated rings. The van der Waals surface area contributed by atoms with E-state index in [0.717, 1.165) is 17.7 Å². The van der Waals surface area contributed by atoms with Crippen LogP contribution in [0.4, 0.5) is 17.1 Å². The van der Waals surface area contributed by atoms with Crippen LogP contribution in [0.2, 0.25) is 0 Å². The van der Waals surface area contributed by atoms with Crippen LogP contribution < -0.4 is 10.6 Å². The molecule has 2 N–H and O–H groups in total. The minimum Gasteiger partial charge on any atom is -0.326 e. The summed E-state index contributed by atoms with van der Waals surface area (Å²) in [7, 11) is 0. The van der Waals surface area contributed by atoms with E-state index in [2.05, 4.69) is 10.6 Å². The number of fused-ring (bicyclic) bond motifs is 1. The molecule has 0 unspecified atom stereocenters. The highest BCUT2D eigenvalue weighted by atomic mass is 16.6. The molecule has 134 valence electrons. The molecule has 1 heterocycles. The van der Waals surface area contributed by atoms with Crippen LogP contribution >= 0.6 is 0 Å². The molecule has 1 aliphatic rings. The molecular formula is C19H19N3O4. The number of carbonyl (C=O) groups excluding carboxylic acids is 2. The Morgan fingerprint density at radius 1 is 1.23 bits per heavy atom. The summed E-state index contributed by atoms with van der Waals surface area (Å²) in [6.45, 7) is 1.84. The van der Waals surface area contributed by atoms with Gasteiger partial charge in [-0.15, -0.1) is 0 Å². The van der Waals surface area contributed by atoms with E-state index in [1.165, 1.54) is 6.07 Å². The average molecular weight is 353 g/mol. The van der Waals surface area contributed by atoms with E-state index in [1.54, 1.807) is 30.3 Å². The zero-order valence-electron chi connectivity index (χ0n) is 14.4. The van der Waals surface area contributed by atoms with Crippen molar-refractivity contribution in [1.82, 2.24) is 0 Å². The number of amides is 2. The molecule has 3 rings (SSSR count). The van der Waals surface area contributed by atoms with Crippen molar-refractivity contribution in [3.05, 3.63) is 63.2 Å². The predicted octanol–water partition coefficient (Wildman–Crippen LogP) is 3.68. The van der Waals surface area contributed by atoms with Crippen molar-refractivity contribution in [3.63, 3.8) is 0 Å². The van der Waals surface area contributed by atoms with Gasteiger partial charge < -0.3 is 10.6 Å². The van der Waals surface area contributed by atoms with E-state index in [0.29, 0.717) is 36.1 Å². The molecular weight excluding hydrogens is 334 g/mol. The standard InChI is InChI=1S/C19H19N3O4/c1-2-12-6-8-15(11-17(12)22(25)26)20-19(24)14-7-9-16-13(10-14)4-3-5-18(23)21-16/h6-11H,2-5H2,1H3,(H,20,24)(H,21,23). The summed E-state index contributed by atoms with van der Waals surface area (Å²) in [5, 5.41) is 16.7. The van der Waals surface area contributed by atoms with E-state index >= 15 is 0 Å². The first-order valence-electron chi connectivity index (χ1n) is 8.49. The van der Waals surface area contributed by atoms with Gasteiger partial charge >= 0.3 is 0 Å². The fourth-order valence-electron chi connectivity index (χ4n) is 3.03. The van der Waals surface area contributed by atoms with E-state index in [9.17, 15) is 19.7 Å². The van der Waals surface area contributed by atoms with Crippen molar-refractivity contribution in [3.8, 4) is 0 Å². The van der Waals surface area contributed by atoms with Gasteiger partial charge in [0.2, 0.25) is 5.91 Å². The van der Waals surface area contributed by atoms with Gasteiger partial charge in [0.15, 0.2) is 0 Å². The maximum Gasteiger partial charge on any atom is 0.274 e. The summed E-state index contributed by atoms with van der Waals surface area (Å²) in [5.41, 5.74) is 3.08. The summed E-state index contributed by atoms with van der Waals surface area (Å²) in [5.74, 6) is -0.369. The number of nitro groups is 1. The van der Waals surface area contributed by atoms with Crippen LogP contribution in [0.25, 0.3) is 0 Å². The first kappa shape index (κ1) is 17.6. The Morgan fingerprint density at radius 3 is 2.77 bits per heavy atom. The minimum absolute atomic E-state index is 0.00468. The van der Waals surface area contributed by atoms with Gasteiger partial charge in [0.25, 0.3) is 11.6 Å². The van der Waals surface area contributed by atoms with E-state index in [1.807, 2.05) is 6.92 Å². The quantitative estimate of drug-likeness (QED) is 0.646. The first-order valence-corrected chi connectivity index (χ1v) is 8.49. The number of aryl methyl sites for hydroxylation is 2. The van der Waals surface area contributed by atoms with Crippen LogP contribution in [-0.4, -0.2) is 16.7 Å². The molecule has 0 bridgehead atoms. The van der Waals surface area contributed by atoms with Crippen molar-refractivity contribution in [2.24, 2.45) is 0 Å². The highest BCUT2D eigenvalue weighted by molar-refractivity contribution is 6.05. The van der Waals surface area contributed by atoms with Gasteiger partial charge in [-0.2, -0.15) is 0 Å². The smallest absolute Gasteiger partial charge is 0.274 e. The molecule has 7 heteroatoms. The summed E-state index contributed by atoms with van der Waals surface area (Å²) >= 11 is 0. The summed E-state index contributed by atoms with van der Waals surface area (Å²) in [4.78, 5) is 34.8. The second kappa shape index (κ2) is 7.35. The third kappa shape index (κ3) is 3.72. The van der Waals surface area contributed by atoms with E-state index in [4.69, 9.17) is 0 Å². The molecule has 2 amide bonds. The largest absolute Gasteiger partial charge is 0.326 e. The summed E-state index contributed by atoms with van der Waals surface area (Å²) in [6.07, 6.45) is 2.45. The van der Waals surface area contributed by atoms with E-state index < -0.39 is 4.92 Å². The molecule has 0 aliphatic carbocycles. The Bertz CT molecular complexity index is 892. The molecule has 0 spiro atoms. The average Bonchev–Trinajstić information content (AvgIpc) is 2.81. The Morgan fingerprint density at radius 2 is 2.04 bits per heavy atom. The Kier molecular flexibility index (Phi) is 4.97. The lowest BCUT2D eigenvalue weighted by Gasteiger charge is -2.10. The Labute approximate surface area is 150 Å². The van der Waals surface area contributed by atoms with Gasteiger partial charge in [-0.3, -0.25) is 19.7 Å². The predicted molar refractivity (Wildman–Crippen MR) is 98.4 cm³/mol. The number of anilines is 2. The topological polar surface area (TPSA) is 101 Å². The van der Waals surface area contributed by atoms with Crippen molar-refractivity contribution in [2.45, 2.75) is 32.6 Å². The number of hydrogen-bond acceptors (Lipinski definition) is 4. The van der Waals surface area contributed by atoms with Crippen molar-refractivity contribution in [2.75, 3.05) is 10.6 Å². The Balaban J connectivity index is 1.82. The molecule has 0 atom stereocenters. The van der Waals surface area contributed by atoms with Crippen molar-refractivity contribution < 1.29 is 14.5 Å². The molecule has 26 heavy (non-hydrogen) atoms. The van der Waals surface area contributed by atoms with Crippen LogP contribution in [-0.2, 0) is 17.6 Å². The van der Waals surface area contributed by atoms with Crippen LogP contribution in [0.3, 0.4) is 0 Å². The summed E-state index contributed by atoms with van der Waals surface area (Å²) in [6, 6.07) is 9.80. The first-order chi connectivity index (χ1) is 12.5. The number of nitro benzene ring substituents is 1. The lowest BCUT2D eigenvalue weighted by Crippen LogP contribution is -2.13. The summed E-state index contributed by atoms with van der Waals surface area (Å²) < 4.78 is 0. The number of rotatable bonds is 4. The van der Waals surface area contributed by atoms with Crippen LogP contribution in [0, 0.1) is 10.1 Å². The maximum atomic E-state index is 12.5. The zero-order chi connectivity index (χ0) is 18.7. The van der Waals surface area contributed by atoms with Gasteiger partial charge in [-0.1, -0.05) is 13.0 Å². The number of nitrogens with zero attached hydrogens (tertiary/aromatic N) is 1. The number of benzene rings is 2. The molecule has 0 saturated carbocycles. The molecule has 2 aromatic rings.